The van der Waals surface area contributed by atoms with Crippen LogP contribution in [0, 0.1) is 0 Å². The van der Waals surface area contributed by atoms with E-state index in [1.807, 2.05) is 30.3 Å². The molecule has 6 heteroatoms. The lowest BCUT2D eigenvalue weighted by molar-refractivity contribution is -0.117. The molecular weight excluding hydrogens is 380 g/mol. The average Bonchev–Trinajstić information content (AvgIpc) is 3.13. The molecule has 0 atom stereocenters. The Morgan fingerprint density at radius 3 is 2.47 bits per heavy atom. The normalized spacial score (nSPS) is 14.0. The summed E-state index contributed by atoms with van der Waals surface area (Å²) in [4.78, 5) is 26.0. The van der Waals surface area contributed by atoms with E-state index in [2.05, 4.69) is 26.1 Å². The van der Waals surface area contributed by atoms with E-state index >= 15 is 0 Å². The van der Waals surface area contributed by atoms with Crippen LogP contribution in [0.25, 0.3) is 0 Å². The van der Waals surface area contributed by atoms with Gasteiger partial charge in [-0.25, -0.2) is 0 Å². The van der Waals surface area contributed by atoms with Crippen LogP contribution < -0.4 is 19.7 Å². The van der Waals surface area contributed by atoms with Gasteiger partial charge in [0.2, 0.25) is 11.8 Å². The molecule has 160 valence electrons. The van der Waals surface area contributed by atoms with Crippen LogP contribution in [0.15, 0.2) is 42.5 Å². The molecule has 2 aromatic carbocycles. The minimum Gasteiger partial charge on any atom is -0.494 e. The van der Waals surface area contributed by atoms with Gasteiger partial charge in [0.25, 0.3) is 0 Å². The Bertz CT molecular complexity index is 900. The van der Waals surface area contributed by atoms with E-state index in [1.54, 1.807) is 24.1 Å². The van der Waals surface area contributed by atoms with E-state index < -0.39 is 0 Å². The van der Waals surface area contributed by atoms with Crippen molar-refractivity contribution >= 4 is 23.2 Å². The number of ether oxygens (including phenoxy) is 2. The van der Waals surface area contributed by atoms with Crippen LogP contribution in [0.4, 0.5) is 11.4 Å². The Kier molecular flexibility index (Phi) is 6.65. The van der Waals surface area contributed by atoms with Gasteiger partial charge in [-0.3, -0.25) is 9.59 Å². The maximum absolute atomic E-state index is 12.3. The van der Waals surface area contributed by atoms with Gasteiger partial charge in [0.1, 0.15) is 11.5 Å². The molecule has 0 aromatic heterocycles. The van der Waals surface area contributed by atoms with Crippen LogP contribution in [0.1, 0.15) is 45.6 Å². The van der Waals surface area contributed by atoms with Gasteiger partial charge in [-0.15, -0.1) is 0 Å². The van der Waals surface area contributed by atoms with Gasteiger partial charge in [0.05, 0.1) is 25.8 Å². The number of carbonyl (C=O) groups is 2. The van der Waals surface area contributed by atoms with E-state index in [1.165, 1.54) is 5.56 Å². The van der Waals surface area contributed by atoms with E-state index in [9.17, 15) is 9.59 Å². The van der Waals surface area contributed by atoms with Gasteiger partial charge in [0, 0.05) is 24.7 Å². The molecule has 0 bridgehead atoms. The summed E-state index contributed by atoms with van der Waals surface area (Å²) in [5.41, 5.74) is 2.69. The summed E-state index contributed by atoms with van der Waals surface area (Å²) in [6.45, 7) is 7.47. The fourth-order valence-corrected chi connectivity index (χ4v) is 3.42. The third-order valence-electron chi connectivity index (χ3n) is 5.15. The first kappa shape index (κ1) is 21.7. The number of amides is 2. The first-order chi connectivity index (χ1) is 14.3. The standard InChI is InChI=1S/C24H30N2O4/c1-24(2,3)17-7-10-19(11-8-17)30-15-13-22(27)25-18-9-12-20(21(16-18)29-4)26-14-5-6-23(26)28/h7-12,16H,5-6,13-15H2,1-4H3,(H,25,27). The van der Waals surface area contributed by atoms with Gasteiger partial charge < -0.3 is 19.7 Å². The van der Waals surface area contributed by atoms with Gasteiger partial charge >= 0.3 is 0 Å². The lowest BCUT2D eigenvalue weighted by atomic mass is 9.87. The SMILES string of the molecule is COc1cc(NC(=O)CCOc2ccc(C(C)(C)C)cc2)ccc1N1CCCC1=O. The molecule has 0 spiro atoms. The van der Waals surface area contributed by atoms with Crippen molar-refractivity contribution in [3.8, 4) is 11.5 Å². The zero-order chi connectivity index (χ0) is 21.7. The first-order valence-corrected chi connectivity index (χ1v) is 10.3. The zero-order valence-electron chi connectivity index (χ0n) is 18.2. The molecule has 30 heavy (non-hydrogen) atoms. The zero-order valence-corrected chi connectivity index (χ0v) is 18.2. The number of rotatable bonds is 7. The number of nitrogens with zero attached hydrogens (tertiary/aromatic N) is 1. The van der Waals surface area contributed by atoms with Gasteiger partial charge in [-0.05, 0) is 41.7 Å². The van der Waals surface area contributed by atoms with Crippen LogP contribution in [-0.2, 0) is 15.0 Å². The molecule has 1 aliphatic rings. The summed E-state index contributed by atoms with van der Waals surface area (Å²) >= 11 is 0. The van der Waals surface area contributed by atoms with Crippen LogP contribution in [0.3, 0.4) is 0 Å². The molecular formula is C24H30N2O4. The average molecular weight is 411 g/mol. The molecule has 0 unspecified atom stereocenters. The maximum Gasteiger partial charge on any atom is 0.227 e. The number of methoxy groups -OCH3 is 1. The summed E-state index contributed by atoms with van der Waals surface area (Å²) in [5.74, 6) is 1.27. The van der Waals surface area contributed by atoms with Crippen LogP contribution in [0.5, 0.6) is 11.5 Å². The van der Waals surface area contributed by atoms with Gasteiger partial charge in [0.15, 0.2) is 0 Å². The Balaban J connectivity index is 1.53. The summed E-state index contributed by atoms with van der Waals surface area (Å²) in [5, 5.41) is 2.86. The second-order valence-electron chi connectivity index (χ2n) is 8.46. The van der Waals surface area contributed by atoms with Gasteiger partial charge in [-0.2, -0.15) is 0 Å². The Hall–Kier alpha value is -3.02. The maximum atomic E-state index is 12.3. The van der Waals surface area contributed by atoms with Crippen molar-refractivity contribution in [1.82, 2.24) is 0 Å². The highest BCUT2D eigenvalue weighted by Gasteiger charge is 2.24. The van der Waals surface area contributed by atoms with Crippen LogP contribution in [-0.4, -0.2) is 32.1 Å². The summed E-state index contributed by atoms with van der Waals surface area (Å²) < 4.78 is 11.1. The molecule has 2 amide bonds. The van der Waals surface area contributed by atoms with Crippen molar-refractivity contribution in [2.75, 3.05) is 30.5 Å². The highest BCUT2D eigenvalue weighted by atomic mass is 16.5. The Morgan fingerprint density at radius 2 is 1.87 bits per heavy atom. The second-order valence-corrected chi connectivity index (χ2v) is 8.46. The fraction of sp³-hybridized carbons (Fsp3) is 0.417. The topological polar surface area (TPSA) is 67.9 Å². The molecule has 0 aliphatic carbocycles. The van der Waals surface area contributed by atoms with E-state index in [4.69, 9.17) is 9.47 Å². The fourth-order valence-electron chi connectivity index (χ4n) is 3.42. The minimum atomic E-state index is -0.145. The Morgan fingerprint density at radius 1 is 1.13 bits per heavy atom. The first-order valence-electron chi connectivity index (χ1n) is 10.3. The van der Waals surface area contributed by atoms with Gasteiger partial charge in [-0.1, -0.05) is 32.9 Å². The lowest BCUT2D eigenvalue weighted by Crippen LogP contribution is -2.24. The van der Waals surface area contributed by atoms with Crippen molar-refractivity contribution in [2.24, 2.45) is 0 Å². The van der Waals surface area contributed by atoms with Crippen molar-refractivity contribution in [1.29, 1.82) is 0 Å². The van der Waals surface area contributed by atoms with E-state index in [-0.39, 0.29) is 30.3 Å². The Labute approximate surface area is 178 Å². The predicted molar refractivity (Wildman–Crippen MR) is 118 cm³/mol. The van der Waals surface area contributed by atoms with Crippen molar-refractivity contribution in [2.45, 2.75) is 45.4 Å². The summed E-state index contributed by atoms with van der Waals surface area (Å²) in [6.07, 6.45) is 1.63. The summed E-state index contributed by atoms with van der Waals surface area (Å²) in [7, 11) is 1.56. The smallest absolute Gasteiger partial charge is 0.227 e. The number of hydrogen-bond donors (Lipinski definition) is 1. The number of hydrogen-bond acceptors (Lipinski definition) is 4. The van der Waals surface area contributed by atoms with Crippen molar-refractivity contribution < 1.29 is 19.1 Å². The molecule has 1 aliphatic heterocycles. The molecule has 3 rings (SSSR count). The highest BCUT2D eigenvalue weighted by molar-refractivity contribution is 5.98. The number of carbonyl (C=O) groups excluding carboxylic acids is 2. The number of nitrogens with one attached hydrogen (secondary N) is 1. The third kappa shape index (κ3) is 5.32. The molecule has 1 heterocycles. The molecule has 0 radical (unpaired) electrons. The monoisotopic (exact) mass is 410 g/mol. The molecule has 1 N–H and O–H groups in total. The molecule has 1 saturated heterocycles. The predicted octanol–water partition coefficient (Wildman–Crippen LogP) is 4.53. The van der Waals surface area contributed by atoms with Crippen LogP contribution >= 0.6 is 0 Å². The largest absolute Gasteiger partial charge is 0.494 e. The number of benzene rings is 2. The highest BCUT2D eigenvalue weighted by Crippen LogP contribution is 2.34. The molecule has 6 nitrogen and oxygen atoms in total. The molecule has 1 fully saturated rings. The minimum absolute atomic E-state index is 0.0943. The quantitative estimate of drug-likeness (QED) is 0.728. The van der Waals surface area contributed by atoms with Crippen molar-refractivity contribution in [3.05, 3.63) is 48.0 Å². The third-order valence-corrected chi connectivity index (χ3v) is 5.15. The van der Waals surface area contributed by atoms with E-state index in [0.717, 1.165) is 17.9 Å². The lowest BCUT2D eigenvalue weighted by Gasteiger charge is -2.20. The number of anilines is 2. The van der Waals surface area contributed by atoms with E-state index in [0.29, 0.717) is 24.4 Å². The van der Waals surface area contributed by atoms with Crippen molar-refractivity contribution in [3.63, 3.8) is 0 Å². The second kappa shape index (κ2) is 9.20. The van der Waals surface area contributed by atoms with Crippen LogP contribution in [0.2, 0.25) is 0 Å². The molecule has 0 saturated carbocycles. The summed E-state index contributed by atoms with van der Waals surface area (Å²) in [6, 6.07) is 13.3. The molecule has 2 aromatic rings.